The fraction of sp³-hybridized carbons (Fsp3) is 0.333. The van der Waals surface area contributed by atoms with Gasteiger partial charge < -0.3 is 0 Å². The maximum Gasteiger partial charge on any atom is 0.207 e. The second kappa shape index (κ2) is 9.17. The molecule has 0 aromatic heterocycles. The van der Waals surface area contributed by atoms with Crippen LogP contribution in [0.3, 0.4) is 0 Å². The Balaban J connectivity index is 4.16. The van der Waals surface area contributed by atoms with E-state index in [0.717, 1.165) is 15.7 Å². The van der Waals surface area contributed by atoms with Gasteiger partial charge in [-0.15, -0.1) is 11.8 Å². The van der Waals surface area contributed by atoms with Crippen LogP contribution in [0.5, 0.6) is 0 Å². The number of rotatable bonds is 3. The Kier molecular flexibility index (Phi) is 9.12. The zero-order valence-corrected chi connectivity index (χ0v) is 11.5. The van der Waals surface area contributed by atoms with Crippen LogP contribution in [0.25, 0.3) is 0 Å². The van der Waals surface area contributed by atoms with Crippen molar-refractivity contribution in [1.82, 2.24) is 0 Å². The van der Waals surface area contributed by atoms with E-state index in [9.17, 15) is 0 Å². The first-order valence-corrected chi connectivity index (χ1v) is 6.88. The topological polar surface area (TPSA) is 36.1 Å². The normalized spacial score (nSPS) is 12.2. The van der Waals surface area contributed by atoms with Gasteiger partial charge in [-0.25, -0.2) is 0 Å². The molecule has 0 saturated carbocycles. The van der Waals surface area contributed by atoms with Crippen molar-refractivity contribution in [2.45, 2.75) is 6.92 Å². The van der Waals surface area contributed by atoms with Gasteiger partial charge in [0, 0.05) is 5.75 Å². The second-order valence-electron chi connectivity index (χ2n) is 2.44. The Morgan fingerprint density at radius 3 is 2.60 bits per heavy atom. The molecule has 0 aliphatic rings. The van der Waals surface area contributed by atoms with Gasteiger partial charge in [-0.1, -0.05) is 46.6 Å². The highest BCUT2D eigenvalue weighted by atomic mass is 35.5. The number of nitriles is 1. The molecule has 0 fully saturated rings. The molecule has 0 rings (SSSR count). The van der Waals surface area contributed by atoms with E-state index in [0.29, 0.717) is 0 Å². The number of thioether (sulfide) groups is 2. The van der Waals surface area contributed by atoms with Gasteiger partial charge in [0.25, 0.3) is 0 Å². The van der Waals surface area contributed by atoms with Gasteiger partial charge in [-0.3, -0.25) is 0 Å². The van der Waals surface area contributed by atoms with Gasteiger partial charge in [-0.05, 0) is 19.3 Å². The summed E-state index contributed by atoms with van der Waals surface area (Å²) in [4.78, 5) is 3.66. The first kappa shape index (κ1) is 14.9. The highest BCUT2D eigenvalue weighted by Crippen LogP contribution is 2.17. The summed E-state index contributed by atoms with van der Waals surface area (Å²) in [6.07, 6.45) is 7.12. The van der Waals surface area contributed by atoms with Crippen LogP contribution >= 0.6 is 46.7 Å². The predicted molar refractivity (Wildman–Crippen MR) is 72.6 cm³/mol. The SMILES string of the molecule is CSC(=NC#N)SC/C(C)=C/C=C(Cl)Cl. The molecule has 0 radical (unpaired) electrons. The summed E-state index contributed by atoms with van der Waals surface area (Å²) in [5.41, 5.74) is 1.11. The molecule has 6 heteroatoms. The maximum atomic E-state index is 8.39. The Labute approximate surface area is 108 Å². The summed E-state index contributed by atoms with van der Waals surface area (Å²) in [6, 6.07) is 0. The molecule has 0 N–H and O–H groups in total. The van der Waals surface area contributed by atoms with E-state index >= 15 is 0 Å². The van der Waals surface area contributed by atoms with E-state index in [-0.39, 0.29) is 4.49 Å². The first-order valence-electron chi connectivity index (χ1n) is 3.92. The predicted octanol–water partition coefficient (Wildman–Crippen LogP) is 4.18. The van der Waals surface area contributed by atoms with Gasteiger partial charge in [0.05, 0.1) is 0 Å². The number of aliphatic imine (C=N–C) groups is 1. The zero-order valence-electron chi connectivity index (χ0n) is 8.33. The van der Waals surface area contributed by atoms with Crippen LogP contribution in [-0.2, 0) is 0 Å². The van der Waals surface area contributed by atoms with Crippen LogP contribution in [0.1, 0.15) is 6.92 Å². The molecule has 2 nitrogen and oxygen atoms in total. The van der Waals surface area contributed by atoms with Crippen LogP contribution in [0.15, 0.2) is 27.2 Å². The van der Waals surface area contributed by atoms with Crippen molar-refractivity contribution in [3.8, 4) is 6.19 Å². The van der Waals surface area contributed by atoms with E-state index < -0.39 is 0 Å². The number of allylic oxidation sites excluding steroid dienone is 2. The van der Waals surface area contributed by atoms with Crippen molar-refractivity contribution >= 4 is 51.1 Å². The van der Waals surface area contributed by atoms with Gasteiger partial charge in [0.15, 0.2) is 0 Å². The van der Waals surface area contributed by atoms with Gasteiger partial charge in [0.1, 0.15) is 8.87 Å². The molecule has 15 heavy (non-hydrogen) atoms. The third-order valence-electron chi connectivity index (χ3n) is 1.23. The molecule has 0 spiro atoms. The monoisotopic (exact) mass is 280 g/mol. The third-order valence-corrected chi connectivity index (χ3v) is 3.72. The average Bonchev–Trinajstić information content (AvgIpc) is 2.21. The highest BCUT2D eigenvalue weighted by molar-refractivity contribution is 8.38. The fourth-order valence-corrected chi connectivity index (χ4v) is 2.07. The van der Waals surface area contributed by atoms with Gasteiger partial charge >= 0.3 is 0 Å². The molecule has 0 amide bonds. The molecular formula is C9H10Cl2N2S2. The third kappa shape index (κ3) is 8.88. The summed E-state index contributed by atoms with van der Waals surface area (Å²) in [5, 5.41) is 8.39. The van der Waals surface area contributed by atoms with Crippen LogP contribution in [0.2, 0.25) is 0 Å². The molecule has 0 saturated heterocycles. The van der Waals surface area contributed by atoms with Crippen molar-refractivity contribution in [3.05, 3.63) is 22.2 Å². The highest BCUT2D eigenvalue weighted by Gasteiger charge is 1.98. The molecule has 0 bridgehead atoms. The minimum absolute atomic E-state index is 0.232. The summed E-state index contributed by atoms with van der Waals surface area (Å²) < 4.78 is 0.987. The summed E-state index contributed by atoms with van der Waals surface area (Å²) in [6.45, 7) is 1.96. The molecule has 0 aliphatic heterocycles. The number of hydrogen-bond donors (Lipinski definition) is 0. The van der Waals surface area contributed by atoms with Crippen molar-refractivity contribution in [1.29, 1.82) is 5.26 Å². The van der Waals surface area contributed by atoms with E-state index in [2.05, 4.69) is 4.99 Å². The number of hydrogen-bond acceptors (Lipinski definition) is 4. The summed E-state index contributed by atoms with van der Waals surface area (Å²) in [5.74, 6) is 0.763. The molecule has 0 unspecified atom stereocenters. The summed E-state index contributed by atoms with van der Waals surface area (Å²) in [7, 11) is 0. The molecular weight excluding hydrogens is 271 g/mol. The Bertz CT molecular complexity index is 325. The minimum atomic E-state index is 0.232. The Hall–Kier alpha value is -0.0800. The molecule has 0 aromatic carbocycles. The minimum Gasteiger partial charge on any atom is -0.170 e. The molecule has 0 aromatic rings. The van der Waals surface area contributed by atoms with Crippen LogP contribution in [-0.4, -0.2) is 16.4 Å². The summed E-state index contributed by atoms with van der Waals surface area (Å²) >= 11 is 13.9. The first-order chi connectivity index (χ1) is 7.10. The lowest BCUT2D eigenvalue weighted by Crippen LogP contribution is -1.88. The van der Waals surface area contributed by atoms with Crippen LogP contribution in [0.4, 0.5) is 0 Å². The van der Waals surface area contributed by atoms with E-state index in [1.807, 2.05) is 19.3 Å². The number of halogens is 2. The van der Waals surface area contributed by atoms with Crippen molar-refractivity contribution in [2.24, 2.45) is 4.99 Å². The van der Waals surface area contributed by atoms with Crippen LogP contribution < -0.4 is 0 Å². The van der Waals surface area contributed by atoms with Gasteiger partial charge in [0.2, 0.25) is 6.19 Å². The molecule has 0 atom stereocenters. The maximum absolute atomic E-state index is 8.39. The van der Waals surface area contributed by atoms with Gasteiger partial charge in [-0.2, -0.15) is 10.3 Å². The van der Waals surface area contributed by atoms with E-state index in [1.54, 1.807) is 12.3 Å². The lowest BCUT2D eigenvalue weighted by Gasteiger charge is -2.00. The van der Waals surface area contributed by atoms with E-state index in [1.165, 1.54) is 23.5 Å². The lowest BCUT2D eigenvalue weighted by molar-refractivity contribution is 1.41. The largest absolute Gasteiger partial charge is 0.207 e. The van der Waals surface area contributed by atoms with Crippen molar-refractivity contribution < 1.29 is 0 Å². The molecule has 0 aliphatic carbocycles. The lowest BCUT2D eigenvalue weighted by atomic mass is 10.3. The Morgan fingerprint density at radius 1 is 1.47 bits per heavy atom. The molecule has 82 valence electrons. The standard InChI is InChI=1S/C9H10Cl2N2S2/c1-7(3-4-8(10)11)5-15-9(14-2)13-6-12/h3-4H,5H2,1-2H3/b7-3+,13-9?. The van der Waals surface area contributed by atoms with E-state index in [4.69, 9.17) is 28.5 Å². The van der Waals surface area contributed by atoms with Crippen LogP contribution in [0, 0.1) is 11.5 Å². The quantitative estimate of drug-likeness (QED) is 0.337. The smallest absolute Gasteiger partial charge is 0.170 e. The Morgan fingerprint density at radius 2 is 2.13 bits per heavy atom. The fourth-order valence-electron chi connectivity index (χ4n) is 0.607. The van der Waals surface area contributed by atoms with Crippen molar-refractivity contribution in [3.63, 3.8) is 0 Å². The second-order valence-corrected chi connectivity index (χ2v) is 5.47. The molecule has 0 heterocycles. The van der Waals surface area contributed by atoms with Crippen molar-refractivity contribution in [2.75, 3.05) is 12.0 Å². The average molecular weight is 281 g/mol. The number of nitrogens with zero attached hydrogens (tertiary/aromatic N) is 2. The zero-order chi connectivity index (χ0) is 11.7.